The Labute approximate surface area is 187 Å². The van der Waals surface area contributed by atoms with E-state index in [0.29, 0.717) is 17.6 Å². The molecule has 9 heteroatoms. The number of nitrogens with zero attached hydrogens (tertiary/aromatic N) is 1. The lowest BCUT2D eigenvalue weighted by Crippen LogP contribution is -2.46. The number of hydrogen-bond donors (Lipinski definition) is 1. The molecule has 2 bridgehead atoms. The summed E-state index contributed by atoms with van der Waals surface area (Å²) in [5.74, 6) is 0.868. The Balaban J connectivity index is 1.63. The number of amides is 1. The molecule has 0 radical (unpaired) electrons. The highest BCUT2D eigenvalue weighted by Crippen LogP contribution is 2.44. The normalized spacial score (nSPS) is 21.9. The maximum atomic E-state index is 13.5. The molecule has 2 aromatic rings. The van der Waals surface area contributed by atoms with E-state index in [1.54, 1.807) is 0 Å². The number of anilines is 1. The first-order valence-corrected chi connectivity index (χ1v) is 12.1. The molecule has 0 saturated heterocycles. The Morgan fingerprint density at radius 1 is 1.06 bits per heavy atom. The van der Waals surface area contributed by atoms with Crippen molar-refractivity contribution in [1.29, 1.82) is 0 Å². The second-order valence-corrected chi connectivity index (χ2v) is 10.2. The minimum absolute atomic E-state index is 0.0628. The molecule has 2 aliphatic rings. The van der Waals surface area contributed by atoms with Gasteiger partial charge in [0.15, 0.2) is 11.5 Å². The van der Waals surface area contributed by atoms with E-state index < -0.39 is 22.4 Å². The SMILES string of the molecule is COc1ccc(S(=O)(=O)N(CC(=O)N[C@@H]2C[C@H]3CC[C@@H]2C3)c2ccc(F)cc2)cc1OC. The highest BCUT2D eigenvalue weighted by Gasteiger charge is 2.40. The highest BCUT2D eigenvalue weighted by atomic mass is 32.2. The van der Waals surface area contributed by atoms with E-state index in [4.69, 9.17) is 9.47 Å². The van der Waals surface area contributed by atoms with E-state index in [-0.39, 0.29) is 28.3 Å². The van der Waals surface area contributed by atoms with E-state index in [0.717, 1.165) is 23.6 Å². The van der Waals surface area contributed by atoms with Crippen LogP contribution in [0.4, 0.5) is 10.1 Å². The smallest absolute Gasteiger partial charge is 0.264 e. The van der Waals surface area contributed by atoms with Crippen molar-refractivity contribution in [3.63, 3.8) is 0 Å². The predicted octanol–water partition coefficient (Wildman–Crippen LogP) is 3.34. The van der Waals surface area contributed by atoms with Gasteiger partial charge in [-0.2, -0.15) is 0 Å². The molecule has 0 spiro atoms. The Morgan fingerprint density at radius 3 is 2.38 bits per heavy atom. The lowest BCUT2D eigenvalue weighted by atomic mass is 9.95. The van der Waals surface area contributed by atoms with Crippen LogP contribution >= 0.6 is 0 Å². The number of benzene rings is 2. The summed E-state index contributed by atoms with van der Waals surface area (Å²) in [5, 5.41) is 3.02. The lowest BCUT2D eigenvalue weighted by Gasteiger charge is -2.27. The fraction of sp³-hybridized carbons (Fsp3) is 0.435. The third-order valence-corrected chi connectivity index (χ3v) is 8.20. The zero-order chi connectivity index (χ0) is 22.9. The second-order valence-electron chi connectivity index (χ2n) is 8.35. The van der Waals surface area contributed by atoms with Crippen LogP contribution in [-0.4, -0.2) is 41.1 Å². The molecular formula is C23H27FN2O5S. The maximum Gasteiger partial charge on any atom is 0.264 e. The van der Waals surface area contributed by atoms with Gasteiger partial charge in [-0.15, -0.1) is 0 Å². The van der Waals surface area contributed by atoms with Crippen LogP contribution in [0.5, 0.6) is 11.5 Å². The predicted molar refractivity (Wildman–Crippen MR) is 118 cm³/mol. The van der Waals surface area contributed by atoms with Gasteiger partial charge in [0.25, 0.3) is 10.0 Å². The number of rotatable bonds is 8. The molecule has 0 heterocycles. The molecule has 2 aromatic carbocycles. The summed E-state index contributed by atoms with van der Waals surface area (Å²) in [6.45, 7) is -0.407. The van der Waals surface area contributed by atoms with Gasteiger partial charge in [-0.3, -0.25) is 9.10 Å². The lowest BCUT2D eigenvalue weighted by molar-refractivity contribution is -0.120. The van der Waals surface area contributed by atoms with Crippen LogP contribution in [0.3, 0.4) is 0 Å². The van der Waals surface area contributed by atoms with E-state index in [1.165, 1.54) is 63.1 Å². The number of sulfonamides is 1. The summed E-state index contributed by atoms with van der Waals surface area (Å²) in [6, 6.07) is 9.33. The van der Waals surface area contributed by atoms with Crippen LogP contribution in [-0.2, 0) is 14.8 Å². The van der Waals surface area contributed by atoms with Crippen molar-refractivity contribution >= 4 is 21.6 Å². The molecule has 2 aliphatic carbocycles. The molecular weight excluding hydrogens is 435 g/mol. The Hall–Kier alpha value is -2.81. The molecule has 0 aromatic heterocycles. The number of halogens is 1. The van der Waals surface area contributed by atoms with Crippen LogP contribution in [0, 0.1) is 17.7 Å². The minimum atomic E-state index is -4.15. The number of carbonyl (C=O) groups is 1. The van der Waals surface area contributed by atoms with Gasteiger partial charge in [0.1, 0.15) is 12.4 Å². The van der Waals surface area contributed by atoms with Gasteiger partial charge in [0.05, 0.1) is 24.8 Å². The van der Waals surface area contributed by atoms with Crippen molar-refractivity contribution in [2.75, 3.05) is 25.1 Å². The number of hydrogen-bond acceptors (Lipinski definition) is 5. The molecule has 2 fully saturated rings. The minimum Gasteiger partial charge on any atom is -0.493 e. The standard InChI is InChI=1S/C23H27FN2O5S/c1-30-21-10-9-19(13-22(21)31-2)32(28,29)26(18-7-5-17(24)6-8-18)14-23(27)25-20-12-15-3-4-16(20)11-15/h5-10,13,15-16,20H,3-4,11-12,14H2,1-2H3,(H,25,27)/t15-,16+,20+/m0/s1. The molecule has 4 rings (SSSR count). The summed E-state index contributed by atoms with van der Waals surface area (Å²) in [4.78, 5) is 12.8. The quantitative estimate of drug-likeness (QED) is 0.651. The topological polar surface area (TPSA) is 84.9 Å². The fourth-order valence-electron chi connectivity index (χ4n) is 4.83. The van der Waals surface area contributed by atoms with Crippen molar-refractivity contribution in [2.45, 2.75) is 36.6 Å². The largest absolute Gasteiger partial charge is 0.493 e. The van der Waals surface area contributed by atoms with Crippen molar-refractivity contribution in [2.24, 2.45) is 11.8 Å². The van der Waals surface area contributed by atoms with E-state index in [9.17, 15) is 17.6 Å². The van der Waals surface area contributed by atoms with Gasteiger partial charge < -0.3 is 14.8 Å². The van der Waals surface area contributed by atoms with E-state index in [2.05, 4.69) is 5.32 Å². The monoisotopic (exact) mass is 462 g/mol. The van der Waals surface area contributed by atoms with Gasteiger partial charge in [0, 0.05) is 12.1 Å². The average molecular weight is 463 g/mol. The number of carbonyl (C=O) groups excluding carboxylic acids is 1. The van der Waals surface area contributed by atoms with Crippen LogP contribution in [0.1, 0.15) is 25.7 Å². The van der Waals surface area contributed by atoms with Crippen molar-refractivity contribution in [3.05, 3.63) is 48.3 Å². The van der Waals surface area contributed by atoms with Gasteiger partial charge in [0.2, 0.25) is 5.91 Å². The summed E-state index contributed by atoms with van der Waals surface area (Å²) >= 11 is 0. The van der Waals surface area contributed by atoms with Gasteiger partial charge in [-0.1, -0.05) is 6.42 Å². The number of fused-ring (bicyclic) bond motifs is 2. The van der Waals surface area contributed by atoms with Gasteiger partial charge in [-0.25, -0.2) is 12.8 Å². The maximum absolute atomic E-state index is 13.5. The van der Waals surface area contributed by atoms with E-state index >= 15 is 0 Å². The van der Waals surface area contributed by atoms with Crippen LogP contribution in [0.15, 0.2) is 47.4 Å². The Morgan fingerprint density at radius 2 is 1.78 bits per heavy atom. The van der Waals surface area contributed by atoms with Crippen molar-refractivity contribution in [1.82, 2.24) is 5.32 Å². The molecule has 172 valence electrons. The molecule has 3 atom stereocenters. The van der Waals surface area contributed by atoms with Crippen molar-refractivity contribution < 1.29 is 27.1 Å². The summed E-state index contributed by atoms with van der Waals surface area (Å²) < 4.78 is 52.0. The molecule has 2 saturated carbocycles. The third kappa shape index (κ3) is 4.39. The number of methoxy groups -OCH3 is 2. The second kappa shape index (κ2) is 8.97. The molecule has 0 unspecified atom stereocenters. The van der Waals surface area contributed by atoms with Crippen molar-refractivity contribution in [3.8, 4) is 11.5 Å². The molecule has 1 amide bonds. The fourth-order valence-corrected chi connectivity index (χ4v) is 6.27. The molecule has 7 nitrogen and oxygen atoms in total. The van der Waals surface area contributed by atoms with Gasteiger partial charge >= 0.3 is 0 Å². The average Bonchev–Trinajstić information content (AvgIpc) is 3.41. The molecule has 0 aliphatic heterocycles. The first kappa shape index (κ1) is 22.4. The third-order valence-electron chi connectivity index (χ3n) is 6.43. The summed E-state index contributed by atoms with van der Waals surface area (Å²) in [7, 11) is -1.28. The Bertz CT molecular complexity index is 1090. The number of ether oxygens (including phenoxy) is 2. The van der Waals surface area contributed by atoms with Crippen LogP contribution < -0.4 is 19.1 Å². The van der Waals surface area contributed by atoms with Crippen LogP contribution in [0.2, 0.25) is 0 Å². The Kier molecular flexibility index (Phi) is 6.28. The van der Waals surface area contributed by atoms with Gasteiger partial charge in [-0.05, 0) is 67.5 Å². The summed E-state index contributed by atoms with van der Waals surface area (Å²) in [5.41, 5.74) is 0.198. The summed E-state index contributed by atoms with van der Waals surface area (Å²) in [6.07, 6.45) is 4.36. The first-order chi connectivity index (χ1) is 15.3. The zero-order valence-corrected chi connectivity index (χ0v) is 18.9. The van der Waals surface area contributed by atoms with E-state index in [1.807, 2.05) is 0 Å². The molecule has 32 heavy (non-hydrogen) atoms. The highest BCUT2D eigenvalue weighted by molar-refractivity contribution is 7.92. The van der Waals surface area contributed by atoms with Crippen LogP contribution in [0.25, 0.3) is 0 Å². The zero-order valence-electron chi connectivity index (χ0n) is 18.1. The number of nitrogens with one attached hydrogen (secondary N) is 1. The first-order valence-electron chi connectivity index (χ1n) is 10.6. The molecule has 1 N–H and O–H groups in total.